The lowest BCUT2D eigenvalue weighted by atomic mass is 10.3. The van der Waals surface area contributed by atoms with E-state index < -0.39 is 28.5 Å². The Kier molecular flexibility index (Phi) is 5.66. The van der Waals surface area contributed by atoms with Gasteiger partial charge in [-0.1, -0.05) is 27.5 Å². The van der Waals surface area contributed by atoms with Crippen LogP contribution in [0.5, 0.6) is 5.75 Å². The van der Waals surface area contributed by atoms with Gasteiger partial charge in [-0.25, -0.2) is 4.68 Å². The highest BCUT2D eigenvalue weighted by atomic mass is 79.9. The van der Waals surface area contributed by atoms with Crippen LogP contribution >= 0.6 is 27.5 Å². The fourth-order valence-electron chi connectivity index (χ4n) is 2.31. The first-order chi connectivity index (χ1) is 13.1. The fourth-order valence-corrected chi connectivity index (χ4v) is 2.93. The summed E-state index contributed by atoms with van der Waals surface area (Å²) < 4.78 is 47.2. The molecule has 28 heavy (non-hydrogen) atoms. The molecule has 0 saturated carbocycles. The highest BCUT2D eigenvalue weighted by molar-refractivity contribution is 9.10. The third-order valence-electron chi connectivity index (χ3n) is 3.54. The molecule has 0 bridgehead atoms. The lowest BCUT2D eigenvalue weighted by molar-refractivity contribution is -0.143. The summed E-state index contributed by atoms with van der Waals surface area (Å²) in [4.78, 5) is 12.2. The van der Waals surface area contributed by atoms with Crippen molar-refractivity contribution in [2.75, 3.05) is 5.32 Å². The van der Waals surface area contributed by atoms with E-state index in [1.807, 2.05) is 12.1 Å². The monoisotopic (exact) mass is 477 g/mol. The van der Waals surface area contributed by atoms with Gasteiger partial charge in [-0.15, -0.1) is 0 Å². The van der Waals surface area contributed by atoms with Crippen LogP contribution in [0.1, 0.15) is 16.2 Å². The Balaban J connectivity index is 1.66. The predicted octanol–water partition coefficient (Wildman–Crippen LogP) is 4.34. The molecule has 0 spiro atoms. The number of ether oxygens (including phenoxy) is 1. The number of alkyl halides is 3. The van der Waals surface area contributed by atoms with Gasteiger partial charge < -0.3 is 10.1 Å². The van der Waals surface area contributed by atoms with Crippen LogP contribution in [-0.4, -0.2) is 25.5 Å². The lowest BCUT2D eigenvalue weighted by Gasteiger charge is -2.06. The van der Waals surface area contributed by atoms with Gasteiger partial charge in [0.05, 0.1) is 18.1 Å². The molecule has 7 nitrogen and oxygen atoms in total. The van der Waals surface area contributed by atoms with Crippen molar-refractivity contribution in [1.82, 2.24) is 19.6 Å². The van der Waals surface area contributed by atoms with Gasteiger partial charge in [0.15, 0.2) is 18.1 Å². The number of halogens is 5. The van der Waals surface area contributed by atoms with E-state index in [1.54, 1.807) is 12.1 Å². The highest BCUT2D eigenvalue weighted by Crippen LogP contribution is 2.36. The number of nitrogens with zero attached hydrogens (tertiary/aromatic N) is 4. The number of anilines is 1. The Labute approximate surface area is 170 Å². The molecule has 3 aromatic rings. The molecule has 1 aromatic carbocycles. The first-order valence-electron chi connectivity index (χ1n) is 7.67. The van der Waals surface area contributed by atoms with Crippen LogP contribution < -0.4 is 10.1 Å². The molecule has 0 radical (unpaired) electrons. The van der Waals surface area contributed by atoms with Gasteiger partial charge in [0.2, 0.25) is 0 Å². The number of carbonyl (C=O) groups is 1. The molecule has 3 rings (SSSR count). The van der Waals surface area contributed by atoms with Gasteiger partial charge in [-0.3, -0.25) is 9.48 Å². The molecule has 0 atom stereocenters. The fraction of sp³-hybridized carbons (Fsp3) is 0.188. The normalized spacial score (nSPS) is 11.5. The zero-order valence-corrected chi connectivity index (χ0v) is 16.5. The van der Waals surface area contributed by atoms with E-state index in [2.05, 4.69) is 31.4 Å². The lowest BCUT2D eigenvalue weighted by Crippen LogP contribution is -2.13. The maximum atomic E-state index is 13.0. The van der Waals surface area contributed by atoms with E-state index in [0.29, 0.717) is 10.4 Å². The number of nitrogens with one attached hydrogen (secondary N) is 1. The molecule has 0 aliphatic carbocycles. The van der Waals surface area contributed by atoms with Crippen molar-refractivity contribution in [2.45, 2.75) is 12.9 Å². The third-order valence-corrected chi connectivity index (χ3v) is 4.43. The summed E-state index contributed by atoms with van der Waals surface area (Å²) in [6.45, 7) is 0.0695. The Morgan fingerprint density at radius 3 is 2.61 bits per heavy atom. The molecule has 148 valence electrons. The second-order valence-electron chi connectivity index (χ2n) is 5.58. The quantitative estimate of drug-likeness (QED) is 0.592. The van der Waals surface area contributed by atoms with Gasteiger partial charge in [0.1, 0.15) is 10.8 Å². The van der Waals surface area contributed by atoms with Gasteiger partial charge >= 0.3 is 6.18 Å². The summed E-state index contributed by atoms with van der Waals surface area (Å²) in [7, 11) is 1.06. The maximum absolute atomic E-state index is 13.0. The largest absolute Gasteiger partial charge is 0.471 e. The molecule has 0 unspecified atom stereocenters. The van der Waals surface area contributed by atoms with Crippen molar-refractivity contribution in [1.29, 1.82) is 0 Å². The third kappa shape index (κ3) is 4.47. The minimum atomic E-state index is -4.73. The molecule has 1 N–H and O–H groups in total. The molecule has 0 aliphatic rings. The molecule has 0 saturated heterocycles. The standard InChI is InChI=1S/C16H12BrClF3N5O2/c1-25-14(16(19,20)21)12(18)13(24-25)15(27)23-10-6-22-26(7-10)8-28-11-4-2-9(17)3-5-11/h2-7H,8H2,1H3,(H,23,27). The Bertz CT molecular complexity index is 1000. The number of rotatable bonds is 5. The summed E-state index contributed by atoms with van der Waals surface area (Å²) in [6, 6.07) is 7.15. The number of aromatic nitrogens is 4. The summed E-state index contributed by atoms with van der Waals surface area (Å²) in [5, 5.41) is 9.21. The smallest absolute Gasteiger partial charge is 0.434 e. The van der Waals surface area contributed by atoms with E-state index in [-0.39, 0.29) is 12.4 Å². The number of carbonyl (C=O) groups excluding carboxylic acids is 1. The van der Waals surface area contributed by atoms with Crippen LogP contribution in [-0.2, 0) is 20.0 Å². The zero-order chi connectivity index (χ0) is 20.5. The first-order valence-corrected chi connectivity index (χ1v) is 8.84. The van der Waals surface area contributed by atoms with Crippen LogP contribution in [0.3, 0.4) is 0 Å². The summed E-state index contributed by atoms with van der Waals surface area (Å²) >= 11 is 9.02. The maximum Gasteiger partial charge on any atom is 0.434 e. The average molecular weight is 479 g/mol. The molecule has 2 heterocycles. The molecule has 0 aliphatic heterocycles. The number of hydrogen-bond acceptors (Lipinski definition) is 4. The van der Waals surface area contributed by atoms with Crippen molar-refractivity contribution >= 4 is 39.1 Å². The Hall–Kier alpha value is -2.53. The predicted molar refractivity (Wildman–Crippen MR) is 98.2 cm³/mol. The summed E-state index contributed by atoms with van der Waals surface area (Å²) in [6.07, 6.45) is -1.95. The number of aryl methyl sites for hydroxylation is 1. The van der Waals surface area contributed by atoms with E-state index in [4.69, 9.17) is 16.3 Å². The SMILES string of the molecule is Cn1nc(C(=O)Nc2cnn(COc3ccc(Br)cc3)c2)c(Cl)c1C(F)(F)F. The van der Waals surface area contributed by atoms with Gasteiger partial charge in [0.25, 0.3) is 5.91 Å². The van der Waals surface area contributed by atoms with Gasteiger partial charge in [0, 0.05) is 11.5 Å². The van der Waals surface area contributed by atoms with Crippen LogP contribution in [0, 0.1) is 0 Å². The highest BCUT2D eigenvalue weighted by Gasteiger charge is 2.40. The van der Waals surface area contributed by atoms with Crippen LogP contribution in [0.15, 0.2) is 41.1 Å². The summed E-state index contributed by atoms with van der Waals surface area (Å²) in [5.74, 6) is -0.270. The second-order valence-corrected chi connectivity index (χ2v) is 6.88. The number of benzene rings is 1. The van der Waals surface area contributed by atoms with Crippen LogP contribution in [0.2, 0.25) is 5.02 Å². The van der Waals surface area contributed by atoms with Crippen molar-refractivity contribution in [3.05, 3.63) is 57.5 Å². The van der Waals surface area contributed by atoms with Crippen LogP contribution in [0.25, 0.3) is 0 Å². The second kappa shape index (κ2) is 7.84. The van der Waals surface area contributed by atoms with E-state index in [9.17, 15) is 18.0 Å². The number of hydrogen-bond donors (Lipinski definition) is 1. The minimum Gasteiger partial charge on any atom is -0.471 e. The zero-order valence-electron chi connectivity index (χ0n) is 14.2. The Morgan fingerprint density at radius 1 is 1.32 bits per heavy atom. The summed E-state index contributed by atoms with van der Waals surface area (Å²) in [5.41, 5.74) is -1.48. The van der Waals surface area contributed by atoms with E-state index in [0.717, 1.165) is 11.5 Å². The van der Waals surface area contributed by atoms with E-state index >= 15 is 0 Å². The Morgan fingerprint density at radius 2 is 2.00 bits per heavy atom. The molecule has 12 heteroatoms. The molecular formula is C16H12BrClF3N5O2. The van der Waals surface area contributed by atoms with E-state index in [1.165, 1.54) is 17.1 Å². The molecule has 1 amide bonds. The average Bonchev–Trinajstić information content (AvgIpc) is 3.17. The molecule has 0 fully saturated rings. The minimum absolute atomic E-state index is 0.0695. The van der Waals surface area contributed by atoms with Crippen molar-refractivity contribution in [3.8, 4) is 5.75 Å². The van der Waals surface area contributed by atoms with Gasteiger partial charge in [-0.05, 0) is 24.3 Å². The first kappa shape index (κ1) is 20.2. The number of amides is 1. The molecular weight excluding hydrogens is 467 g/mol. The van der Waals surface area contributed by atoms with Crippen LogP contribution in [0.4, 0.5) is 18.9 Å². The molecule has 2 aromatic heterocycles. The van der Waals surface area contributed by atoms with Crippen molar-refractivity contribution in [2.24, 2.45) is 7.05 Å². The van der Waals surface area contributed by atoms with Crippen molar-refractivity contribution < 1.29 is 22.7 Å². The van der Waals surface area contributed by atoms with Crippen molar-refractivity contribution in [3.63, 3.8) is 0 Å². The van der Waals surface area contributed by atoms with Gasteiger partial charge in [-0.2, -0.15) is 23.4 Å². The topological polar surface area (TPSA) is 74.0 Å².